The van der Waals surface area contributed by atoms with Crippen LogP contribution in [0.5, 0.6) is 5.75 Å². The third-order valence-corrected chi connectivity index (χ3v) is 7.08. The molecule has 7 nitrogen and oxygen atoms in total. The van der Waals surface area contributed by atoms with Crippen LogP contribution in [-0.4, -0.2) is 42.1 Å². The number of thiophene rings is 1. The zero-order valence-electron chi connectivity index (χ0n) is 19.0. The molecule has 3 aromatic rings. The van der Waals surface area contributed by atoms with Gasteiger partial charge in [0.05, 0.1) is 16.9 Å². The second kappa shape index (κ2) is 11.0. The summed E-state index contributed by atoms with van der Waals surface area (Å²) in [6.07, 6.45) is 1.38. The van der Waals surface area contributed by atoms with Gasteiger partial charge < -0.3 is 20.5 Å². The van der Waals surface area contributed by atoms with Gasteiger partial charge in [0.25, 0.3) is 11.8 Å². The highest BCUT2D eigenvalue weighted by Gasteiger charge is 2.28. The van der Waals surface area contributed by atoms with Gasteiger partial charge in [0.15, 0.2) is 0 Å². The Bertz CT molecular complexity index is 1280. The number of rotatable bonds is 8. The van der Waals surface area contributed by atoms with Crippen molar-refractivity contribution in [2.24, 2.45) is 5.92 Å². The topological polar surface area (TPSA) is 105 Å². The lowest BCUT2D eigenvalue weighted by Crippen LogP contribution is -2.35. The molecule has 0 spiro atoms. The van der Waals surface area contributed by atoms with Crippen LogP contribution >= 0.6 is 11.3 Å². The van der Waals surface area contributed by atoms with E-state index >= 15 is 0 Å². The Morgan fingerprint density at radius 1 is 0.917 bits per heavy atom. The fourth-order valence-corrected chi connectivity index (χ4v) is 5.07. The summed E-state index contributed by atoms with van der Waals surface area (Å²) in [4.78, 5) is 36.0. The Kier molecular flexibility index (Phi) is 7.78. The van der Waals surface area contributed by atoms with Crippen molar-refractivity contribution in [1.29, 1.82) is 0 Å². The SMILES string of the molecule is O=C(NCCNC(=O)c1c(F)cc(O[C@H]2CC[C@@H](C(=O)O)CC2)cc1F)c1cc2cc(F)ccc2s1. The number of carboxylic acids is 1. The first-order chi connectivity index (χ1) is 17.2. The van der Waals surface area contributed by atoms with E-state index in [1.165, 1.54) is 23.5 Å². The summed E-state index contributed by atoms with van der Waals surface area (Å²) < 4.78 is 48.7. The van der Waals surface area contributed by atoms with Gasteiger partial charge in [-0.25, -0.2) is 13.2 Å². The van der Waals surface area contributed by atoms with Crippen molar-refractivity contribution >= 4 is 39.2 Å². The summed E-state index contributed by atoms with van der Waals surface area (Å²) >= 11 is 1.19. The number of amides is 2. The number of carbonyl (C=O) groups is 3. The third-order valence-electron chi connectivity index (χ3n) is 5.97. The molecule has 190 valence electrons. The maximum absolute atomic E-state index is 14.5. The number of carboxylic acid groups (broad SMARTS) is 1. The highest BCUT2D eigenvalue weighted by Crippen LogP contribution is 2.29. The van der Waals surface area contributed by atoms with Gasteiger partial charge in [-0.1, -0.05) is 0 Å². The van der Waals surface area contributed by atoms with Crippen LogP contribution in [0.2, 0.25) is 0 Å². The van der Waals surface area contributed by atoms with Crippen molar-refractivity contribution in [3.63, 3.8) is 0 Å². The first-order valence-electron chi connectivity index (χ1n) is 11.3. The van der Waals surface area contributed by atoms with Gasteiger partial charge in [-0.05, 0) is 55.3 Å². The van der Waals surface area contributed by atoms with Crippen LogP contribution in [-0.2, 0) is 4.79 Å². The Labute approximate surface area is 208 Å². The predicted octanol–water partition coefficient (Wildman–Crippen LogP) is 4.50. The van der Waals surface area contributed by atoms with Crippen LogP contribution in [0.25, 0.3) is 10.1 Å². The zero-order chi connectivity index (χ0) is 25.8. The van der Waals surface area contributed by atoms with Crippen molar-refractivity contribution < 1.29 is 37.4 Å². The minimum atomic E-state index is -1.09. The molecule has 0 radical (unpaired) electrons. The quantitative estimate of drug-likeness (QED) is 0.380. The summed E-state index contributed by atoms with van der Waals surface area (Å²) in [5.74, 6) is -5.37. The number of fused-ring (bicyclic) bond motifs is 1. The molecule has 1 aliphatic carbocycles. The third kappa shape index (κ3) is 5.96. The number of ether oxygens (including phenoxy) is 1. The second-order valence-corrected chi connectivity index (χ2v) is 9.58. The average molecular weight is 521 g/mol. The molecule has 0 atom stereocenters. The maximum atomic E-state index is 14.5. The van der Waals surface area contributed by atoms with Crippen LogP contribution in [0.3, 0.4) is 0 Å². The van der Waals surface area contributed by atoms with Crippen molar-refractivity contribution in [2.45, 2.75) is 31.8 Å². The molecule has 2 amide bonds. The number of carbonyl (C=O) groups excluding carboxylic acids is 2. The standard InChI is InChI=1S/C25H23F3N2O5S/c26-15-3-6-20-14(9-15)10-21(36-20)23(31)29-7-8-30-24(32)22-18(27)11-17(12-19(22)28)35-16-4-1-13(2-5-16)25(33)34/h3,6,9-13,16H,1-2,4-5,7-8H2,(H,29,31)(H,30,32)(H,33,34)/t13-,16+. The summed E-state index contributed by atoms with van der Waals surface area (Å²) in [6, 6.07) is 7.62. The van der Waals surface area contributed by atoms with Crippen LogP contribution in [0.15, 0.2) is 36.4 Å². The van der Waals surface area contributed by atoms with Gasteiger partial charge in [-0.2, -0.15) is 0 Å². The van der Waals surface area contributed by atoms with E-state index in [0.717, 1.165) is 16.8 Å². The van der Waals surface area contributed by atoms with E-state index in [2.05, 4.69) is 10.6 Å². The van der Waals surface area contributed by atoms with Gasteiger partial charge >= 0.3 is 5.97 Å². The van der Waals surface area contributed by atoms with Gasteiger partial charge in [0.2, 0.25) is 0 Å². The molecule has 1 heterocycles. The van der Waals surface area contributed by atoms with Gasteiger partial charge in [0, 0.05) is 29.9 Å². The molecule has 36 heavy (non-hydrogen) atoms. The molecule has 0 aliphatic heterocycles. The van der Waals surface area contributed by atoms with Crippen molar-refractivity contribution in [3.05, 3.63) is 64.3 Å². The molecule has 2 aromatic carbocycles. The van der Waals surface area contributed by atoms with E-state index < -0.39 is 46.7 Å². The molecule has 0 saturated heterocycles. The summed E-state index contributed by atoms with van der Waals surface area (Å²) in [6.45, 7) is -0.0648. The first kappa shape index (κ1) is 25.5. The largest absolute Gasteiger partial charge is 0.490 e. The van der Waals surface area contributed by atoms with E-state index in [4.69, 9.17) is 9.84 Å². The number of aliphatic carboxylic acids is 1. The molecule has 0 bridgehead atoms. The van der Waals surface area contributed by atoms with Gasteiger partial charge in [-0.15, -0.1) is 11.3 Å². The molecular formula is C25H23F3N2O5S. The van der Waals surface area contributed by atoms with E-state index in [1.54, 1.807) is 12.1 Å². The Morgan fingerprint density at radius 2 is 1.56 bits per heavy atom. The minimum absolute atomic E-state index is 0.0105. The van der Waals surface area contributed by atoms with Crippen molar-refractivity contribution in [1.82, 2.24) is 10.6 Å². The fraction of sp³-hybridized carbons (Fsp3) is 0.320. The van der Waals surface area contributed by atoms with Crippen molar-refractivity contribution in [3.8, 4) is 5.75 Å². The molecule has 1 aromatic heterocycles. The number of hydrogen-bond donors (Lipinski definition) is 3. The molecule has 11 heteroatoms. The lowest BCUT2D eigenvalue weighted by Gasteiger charge is -2.26. The average Bonchev–Trinajstić information content (AvgIpc) is 3.25. The van der Waals surface area contributed by atoms with Crippen LogP contribution in [0.1, 0.15) is 45.7 Å². The second-order valence-electron chi connectivity index (χ2n) is 8.50. The number of halogens is 3. The summed E-state index contributed by atoms with van der Waals surface area (Å²) in [5.41, 5.74) is -0.769. The van der Waals surface area contributed by atoms with E-state index in [9.17, 15) is 27.6 Å². The fourth-order valence-electron chi connectivity index (χ4n) is 4.11. The van der Waals surface area contributed by atoms with Gasteiger partial charge in [0.1, 0.15) is 28.8 Å². The van der Waals surface area contributed by atoms with E-state index in [0.29, 0.717) is 35.9 Å². The lowest BCUT2D eigenvalue weighted by molar-refractivity contribution is -0.143. The normalized spacial score (nSPS) is 17.5. The first-order valence-corrected chi connectivity index (χ1v) is 12.2. The Hall–Kier alpha value is -3.60. The van der Waals surface area contributed by atoms with Gasteiger partial charge in [-0.3, -0.25) is 14.4 Å². The minimum Gasteiger partial charge on any atom is -0.490 e. The number of nitrogens with one attached hydrogen (secondary N) is 2. The molecule has 1 fully saturated rings. The van der Waals surface area contributed by atoms with Crippen LogP contribution < -0.4 is 15.4 Å². The monoisotopic (exact) mass is 520 g/mol. The molecular weight excluding hydrogens is 497 g/mol. The molecule has 1 saturated carbocycles. The predicted molar refractivity (Wildman–Crippen MR) is 127 cm³/mol. The summed E-state index contributed by atoms with van der Waals surface area (Å²) in [5, 5.41) is 14.6. The van der Waals surface area contributed by atoms with Crippen molar-refractivity contribution in [2.75, 3.05) is 13.1 Å². The molecule has 0 unspecified atom stereocenters. The molecule has 4 rings (SSSR count). The highest BCUT2D eigenvalue weighted by molar-refractivity contribution is 7.20. The summed E-state index contributed by atoms with van der Waals surface area (Å²) in [7, 11) is 0. The van der Waals surface area contributed by atoms with E-state index in [-0.39, 0.29) is 24.9 Å². The van der Waals surface area contributed by atoms with Crippen LogP contribution in [0.4, 0.5) is 13.2 Å². The molecule has 1 aliphatic rings. The van der Waals surface area contributed by atoms with E-state index in [1.807, 2.05) is 0 Å². The lowest BCUT2D eigenvalue weighted by atomic mass is 9.87. The zero-order valence-corrected chi connectivity index (χ0v) is 19.8. The highest BCUT2D eigenvalue weighted by atomic mass is 32.1. The smallest absolute Gasteiger partial charge is 0.306 e. The maximum Gasteiger partial charge on any atom is 0.306 e. The molecule has 3 N–H and O–H groups in total. The number of hydrogen-bond acceptors (Lipinski definition) is 5. The van der Waals surface area contributed by atoms with Crippen LogP contribution in [0, 0.1) is 23.4 Å². The Balaban J connectivity index is 1.27. The Morgan fingerprint density at radius 3 is 2.19 bits per heavy atom. The number of benzene rings is 2.